The minimum Gasteiger partial charge on any atom is -0.481 e. The second-order valence-corrected chi connectivity index (χ2v) is 5.72. The van der Waals surface area contributed by atoms with E-state index < -0.39 is 42.2 Å². The first-order valence-electron chi connectivity index (χ1n) is 7.88. The Kier molecular flexibility index (Phi) is 8.17. The standard InChI is InChI=1S/C15H24N2O7/c1-23-14(21)10(8-17-13(20)11(16)7-12(18)19)15(22)24-9-5-3-2-4-6-9/h9-11H,2-8,16H2,1H3,(H,17,20)(H,18,19). The number of esters is 2. The number of carboxylic acids is 1. The average Bonchev–Trinajstić information content (AvgIpc) is 2.54. The third-order valence-corrected chi connectivity index (χ3v) is 3.82. The molecule has 0 aliphatic heterocycles. The van der Waals surface area contributed by atoms with E-state index >= 15 is 0 Å². The molecule has 1 amide bonds. The van der Waals surface area contributed by atoms with E-state index in [4.69, 9.17) is 15.6 Å². The molecule has 0 radical (unpaired) electrons. The molecule has 9 heteroatoms. The van der Waals surface area contributed by atoms with Crippen LogP contribution in [0.15, 0.2) is 0 Å². The molecule has 1 aliphatic carbocycles. The van der Waals surface area contributed by atoms with Gasteiger partial charge < -0.3 is 25.6 Å². The molecule has 0 spiro atoms. The van der Waals surface area contributed by atoms with Gasteiger partial charge in [-0.2, -0.15) is 0 Å². The summed E-state index contributed by atoms with van der Waals surface area (Å²) in [7, 11) is 1.13. The summed E-state index contributed by atoms with van der Waals surface area (Å²) in [6.07, 6.45) is 3.71. The molecule has 136 valence electrons. The van der Waals surface area contributed by atoms with Gasteiger partial charge in [-0.05, 0) is 25.7 Å². The molecule has 0 aromatic carbocycles. The van der Waals surface area contributed by atoms with Crippen LogP contribution in [0.4, 0.5) is 0 Å². The maximum atomic E-state index is 12.2. The fraction of sp³-hybridized carbons (Fsp3) is 0.733. The van der Waals surface area contributed by atoms with Crippen molar-refractivity contribution >= 4 is 23.8 Å². The van der Waals surface area contributed by atoms with Crippen molar-refractivity contribution in [1.29, 1.82) is 0 Å². The Hall–Kier alpha value is -2.16. The van der Waals surface area contributed by atoms with Gasteiger partial charge in [0, 0.05) is 6.54 Å². The number of nitrogens with one attached hydrogen (secondary N) is 1. The van der Waals surface area contributed by atoms with Crippen LogP contribution in [-0.4, -0.2) is 54.7 Å². The van der Waals surface area contributed by atoms with Gasteiger partial charge in [0.15, 0.2) is 5.92 Å². The molecule has 0 bridgehead atoms. The number of rotatable bonds is 8. The van der Waals surface area contributed by atoms with Crippen LogP contribution in [-0.2, 0) is 28.7 Å². The zero-order valence-corrected chi connectivity index (χ0v) is 13.7. The summed E-state index contributed by atoms with van der Waals surface area (Å²) in [5.41, 5.74) is 5.41. The van der Waals surface area contributed by atoms with E-state index in [1.807, 2.05) is 0 Å². The molecule has 1 fully saturated rings. The Labute approximate surface area is 139 Å². The van der Waals surface area contributed by atoms with Crippen LogP contribution in [0.3, 0.4) is 0 Å². The topological polar surface area (TPSA) is 145 Å². The smallest absolute Gasteiger partial charge is 0.322 e. The van der Waals surface area contributed by atoms with Gasteiger partial charge in [0.25, 0.3) is 0 Å². The van der Waals surface area contributed by atoms with Gasteiger partial charge in [0.2, 0.25) is 5.91 Å². The van der Waals surface area contributed by atoms with Gasteiger partial charge >= 0.3 is 17.9 Å². The van der Waals surface area contributed by atoms with Gasteiger partial charge in [-0.25, -0.2) is 0 Å². The largest absolute Gasteiger partial charge is 0.481 e. The van der Waals surface area contributed by atoms with Crippen molar-refractivity contribution in [2.75, 3.05) is 13.7 Å². The highest BCUT2D eigenvalue weighted by atomic mass is 16.6. The number of hydrogen-bond donors (Lipinski definition) is 3. The number of nitrogens with two attached hydrogens (primary N) is 1. The molecule has 24 heavy (non-hydrogen) atoms. The van der Waals surface area contributed by atoms with Crippen LogP contribution in [0.25, 0.3) is 0 Å². The van der Waals surface area contributed by atoms with E-state index in [1.54, 1.807) is 0 Å². The third kappa shape index (κ3) is 6.53. The maximum absolute atomic E-state index is 12.2. The lowest BCUT2D eigenvalue weighted by molar-refractivity contribution is -0.164. The highest BCUT2D eigenvalue weighted by Gasteiger charge is 2.32. The van der Waals surface area contributed by atoms with Crippen molar-refractivity contribution < 1.29 is 33.8 Å². The highest BCUT2D eigenvalue weighted by Crippen LogP contribution is 2.21. The number of amides is 1. The first-order chi connectivity index (χ1) is 11.3. The molecule has 1 rings (SSSR count). The Balaban J connectivity index is 2.57. The molecule has 2 atom stereocenters. The number of carboxylic acid groups (broad SMARTS) is 1. The molecule has 1 aliphatic rings. The van der Waals surface area contributed by atoms with E-state index in [-0.39, 0.29) is 12.6 Å². The highest BCUT2D eigenvalue weighted by molar-refractivity contribution is 5.96. The van der Waals surface area contributed by atoms with E-state index in [0.717, 1.165) is 39.2 Å². The fourth-order valence-corrected chi connectivity index (χ4v) is 2.45. The van der Waals surface area contributed by atoms with E-state index in [9.17, 15) is 19.2 Å². The Morgan fingerprint density at radius 1 is 1.17 bits per heavy atom. The number of aliphatic carboxylic acids is 1. The molecule has 0 heterocycles. The van der Waals surface area contributed by atoms with E-state index in [1.165, 1.54) is 0 Å². The Morgan fingerprint density at radius 2 is 1.79 bits per heavy atom. The van der Waals surface area contributed by atoms with Crippen molar-refractivity contribution in [3.05, 3.63) is 0 Å². The monoisotopic (exact) mass is 344 g/mol. The Bertz CT molecular complexity index is 474. The van der Waals surface area contributed by atoms with Crippen molar-refractivity contribution in [3.8, 4) is 0 Å². The first-order valence-corrected chi connectivity index (χ1v) is 7.88. The molecule has 0 saturated heterocycles. The molecule has 0 aromatic heterocycles. The Morgan fingerprint density at radius 3 is 2.33 bits per heavy atom. The van der Waals surface area contributed by atoms with Crippen LogP contribution >= 0.6 is 0 Å². The van der Waals surface area contributed by atoms with E-state index in [0.29, 0.717) is 0 Å². The SMILES string of the molecule is COC(=O)C(CNC(=O)C(N)CC(=O)O)C(=O)OC1CCCCC1. The predicted octanol–water partition coefficient (Wildman–Crippen LogP) is -0.430. The minimum atomic E-state index is -1.31. The number of carbonyl (C=O) groups excluding carboxylic acids is 3. The molecule has 0 aromatic rings. The van der Waals surface area contributed by atoms with Gasteiger partial charge in [0.05, 0.1) is 19.6 Å². The van der Waals surface area contributed by atoms with Gasteiger partial charge in [-0.3, -0.25) is 19.2 Å². The first kappa shape index (κ1) is 19.9. The molecular formula is C15H24N2O7. The summed E-state index contributed by atoms with van der Waals surface area (Å²) >= 11 is 0. The summed E-state index contributed by atoms with van der Waals surface area (Å²) in [4.78, 5) is 46.2. The lowest BCUT2D eigenvalue weighted by Gasteiger charge is -2.24. The van der Waals surface area contributed by atoms with Crippen molar-refractivity contribution in [2.45, 2.75) is 50.7 Å². The zero-order chi connectivity index (χ0) is 18.1. The number of methoxy groups -OCH3 is 1. The lowest BCUT2D eigenvalue weighted by atomic mass is 9.97. The number of hydrogen-bond acceptors (Lipinski definition) is 7. The molecule has 1 saturated carbocycles. The number of carbonyl (C=O) groups is 4. The zero-order valence-electron chi connectivity index (χ0n) is 13.7. The van der Waals surface area contributed by atoms with Crippen LogP contribution in [0.2, 0.25) is 0 Å². The van der Waals surface area contributed by atoms with Crippen LogP contribution in [0.1, 0.15) is 38.5 Å². The van der Waals surface area contributed by atoms with Crippen LogP contribution in [0.5, 0.6) is 0 Å². The van der Waals surface area contributed by atoms with Gasteiger partial charge in [0.1, 0.15) is 6.10 Å². The molecule has 4 N–H and O–H groups in total. The molecule has 9 nitrogen and oxygen atoms in total. The summed E-state index contributed by atoms with van der Waals surface area (Å²) in [5.74, 6) is -4.89. The second-order valence-electron chi connectivity index (χ2n) is 5.72. The molecular weight excluding hydrogens is 320 g/mol. The van der Waals surface area contributed by atoms with Crippen LogP contribution in [0, 0.1) is 5.92 Å². The average molecular weight is 344 g/mol. The fourth-order valence-electron chi connectivity index (χ4n) is 2.45. The predicted molar refractivity (Wildman–Crippen MR) is 81.7 cm³/mol. The quantitative estimate of drug-likeness (QED) is 0.397. The van der Waals surface area contributed by atoms with Crippen LogP contribution < -0.4 is 11.1 Å². The van der Waals surface area contributed by atoms with E-state index in [2.05, 4.69) is 10.1 Å². The van der Waals surface area contributed by atoms with Crippen molar-refractivity contribution in [2.24, 2.45) is 11.7 Å². The van der Waals surface area contributed by atoms with Crippen molar-refractivity contribution in [1.82, 2.24) is 5.32 Å². The third-order valence-electron chi connectivity index (χ3n) is 3.82. The summed E-state index contributed by atoms with van der Waals surface area (Å²) < 4.78 is 9.88. The maximum Gasteiger partial charge on any atom is 0.322 e. The normalized spacial score (nSPS) is 17.4. The lowest BCUT2D eigenvalue weighted by Crippen LogP contribution is -2.46. The van der Waals surface area contributed by atoms with Gasteiger partial charge in [-0.1, -0.05) is 6.42 Å². The summed E-state index contributed by atoms with van der Waals surface area (Å²) in [6.45, 7) is -0.357. The number of ether oxygens (including phenoxy) is 2. The minimum absolute atomic E-state index is 0.233. The molecule has 2 unspecified atom stereocenters. The van der Waals surface area contributed by atoms with Gasteiger partial charge in [-0.15, -0.1) is 0 Å². The van der Waals surface area contributed by atoms with Crippen molar-refractivity contribution in [3.63, 3.8) is 0 Å². The summed E-state index contributed by atoms with van der Waals surface area (Å²) in [6, 6.07) is -1.27. The second kappa shape index (κ2) is 9.86. The summed E-state index contributed by atoms with van der Waals surface area (Å²) in [5, 5.41) is 10.9.